The molecule has 0 spiro atoms. The molecule has 1 aliphatic heterocycles. The van der Waals surface area contributed by atoms with E-state index in [1.165, 1.54) is 5.56 Å². The predicted molar refractivity (Wildman–Crippen MR) is 88.8 cm³/mol. The van der Waals surface area contributed by atoms with Crippen LogP contribution >= 0.6 is 0 Å². The van der Waals surface area contributed by atoms with Gasteiger partial charge in [-0.15, -0.1) is 0 Å². The van der Waals surface area contributed by atoms with E-state index in [2.05, 4.69) is 62.4 Å². The summed E-state index contributed by atoms with van der Waals surface area (Å²) in [7, 11) is 2.10. The van der Waals surface area contributed by atoms with Crippen LogP contribution in [0.4, 0.5) is 0 Å². The maximum Gasteiger partial charge on any atom is 0.138 e. The van der Waals surface area contributed by atoms with Crippen molar-refractivity contribution in [1.29, 1.82) is 0 Å². The van der Waals surface area contributed by atoms with Crippen molar-refractivity contribution in [2.75, 3.05) is 33.3 Å². The number of nitrogens with one attached hydrogen (secondary N) is 1. The topological polar surface area (TPSA) is 57.3 Å². The molecule has 124 valence electrons. The van der Waals surface area contributed by atoms with Gasteiger partial charge in [0.25, 0.3) is 0 Å². The van der Waals surface area contributed by atoms with E-state index in [1.807, 2.05) is 0 Å². The molecule has 1 saturated heterocycles. The molecule has 0 aliphatic carbocycles. The van der Waals surface area contributed by atoms with Crippen LogP contribution in [0.3, 0.4) is 0 Å². The van der Waals surface area contributed by atoms with Crippen molar-refractivity contribution in [2.24, 2.45) is 0 Å². The number of aromatic nitrogens is 3. The zero-order valence-corrected chi connectivity index (χ0v) is 13.7. The lowest BCUT2D eigenvalue weighted by atomic mass is 10.2. The number of nitrogens with zero attached hydrogens (tertiary/aromatic N) is 4. The van der Waals surface area contributed by atoms with Gasteiger partial charge in [-0.05, 0) is 19.0 Å². The number of H-pyrrole nitrogens is 1. The lowest BCUT2D eigenvalue weighted by molar-refractivity contribution is 0.0293. The first-order valence-electron chi connectivity index (χ1n) is 8.20. The molecule has 1 unspecified atom stereocenters. The number of benzene rings is 1. The fourth-order valence-corrected chi connectivity index (χ4v) is 3.04. The first-order valence-corrected chi connectivity index (χ1v) is 8.20. The highest BCUT2D eigenvalue weighted by Crippen LogP contribution is 2.12. The molecule has 1 aromatic heterocycles. The number of aromatic amines is 1. The highest BCUT2D eigenvalue weighted by molar-refractivity contribution is 5.14. The number of ether oxygens (including phenoxy) is 1. The lowest BCUT2D eigenvalue weighted by Gasteiger charge is -2.26. The lowest BCUT2D eigenvalue weighted by Crippen LogP contribution is -2.38. The maximum atomic E-state index is 6.03. The zero-order chi connectivity index (χ0) is 15.9. The van der Waals surface area contributed by atoms with Gasteiger partial charge in [-0.3, -0.25) is 14.9 Å². The summed E-state index contributed by atoms with van der Waals surface area (Å²) >= 11 is 0. The van der Waals surface area contributed by atoms with Crippen molar-refractivity contribution >= 4 is 0 Å². The summed E-state index contributed by atoms with van der Waals surface area (Å²) < 4.78 is 6.03. The monoisotopic (exact) mass is 315 g/mol. The van der Waals surface area contributed by atoms with E-state index < -0.39 is 0 Å². The van der Waals surface area contributed by atoms with Gasteiger partial charge in [-0.2, -0.15) is 5.10 Å². The first kappa shape index (κ1) is 16.1. The maximum absolute atomic E-state index is 6.03. The van der Waals surface area contributed by atoms with Crippen LogP contribution in [0.1, 0.15) is 17.8 Å². The van der Waals surface area contributed by atoms with Crippen molar-refractivity contribution < 1.29 is 4.74 Å². The van der Waals surface area contributed by atoms with E-state index >= 15 is 0 Å². The first-order chi connectivity index (χ1) is 11.3. The minimum Gasteiger partial charge on any atom is -0.376 e. The Hall–Kier alpha value is -1.76. The van der Waals surface area contributed by atoms with E-state index in [9.17, 15) is 0 Å². The molecule has 1 atom stereocenters. The minimum absolute atomic E-state index is 0.231. The van der Waals surface area contributed by atoms with Gasteiger partial charge >= 0.3 is 0 Å². The van der Waals surface area contributed by atoms with Crippen LogP contribution in [-0.4, -0.2) is 64.4 Å². The Morgan fingerprint density at radius 2 is 2.22 bits per heavy atom. The molecule has 1 fully saturated rings. The molecule has 0 bridgehead atoms. The van der Waals surface area contributed by atoms with Gasteiger partial charge < -0.3 is 4.74 Å². The third-order valence-electron chi connectivity index (χ3n) is 4.08. The molecule has 2 heterocycles. The van der Waals surface area contributed by atoms with Crippen LogP contribution in [0.15, 0.2) is 36.7 Å². The normalized spacial score (nSPS) is 19.8. The molecule has 6 nitrogen and oxygen atoms in total. The van der Waals surface area contributed by atoms with Crippen LogP contribution in [0.2, 0.25) is 0 Å². The summed E-state index contributed by atoms with van der Waals surface area (Å²) in [4.78, 5) is 8.91. The van der Waals surface area contributed by atoms with E-state index in [-0.39, 0.29) is 6.10 Å². The molecular formula is C17H25N5O. The number of hydrogen-bond donors (Lipinski definition) is 1. The van der Waals surface area contributed by atoms with Gasteiger partial charge in [-0.1, -0.05) is 30.3 Å². The van der Waals surface area contributed by atoms with Crippen molar-refractivity contribution in [3.63, 3.8) is 0 Å². The van der Waals surface area contributed by atoms with Crippen LogP contribution in [0.5, 0.6) is 0 Å². The highest BCUT2D eigenvalue weighted by Gasteiger charge is 2.20. The summed E-state index contributed by atoms with van der Waals surface area (Å²) in [5, 5.41) is 6.80. The van der Waals surface area contributed by atoms with E-state index in [4.69, 9.17) is 4.74 Å². The molecule has 1 N–H and O–H groups in total. The Morgan fingerprint density at radius 3 is 3.00 bits per heavy atom. The Labute approximate surface area is 137 Å². The molecule has 0 radical (unpaired) electrons. The number of hydrogen-bond acceptors (Lipinski definition) is 5. The third kappa shape index (κ3) is 5.13. The summed E-state index contributed by atoms with van der Waals surface area (Å²) in [5.74, 6) is 0.891. The third-order valence-corrected chi connectivity index (χ3v) is 4.08. The van der Waals surface area contributed by atoms with Crippen molar-refractivity contribution in [2.45, 2.75) is 25.6 Å². The van der Waals surface area contributed by atoms with E-state index in [1.54, 1.807) is 6.33 Å². The van der Waals surface area contributed by atoms with Gasteiger partial charge in [0, 0.05) is 32.8 Å². The average Bonchev–Trinajstić information content (AvgIpc) is 2.95. The largest absolute Gasteiger partial charge is 0.376 e. The summed E-state index contributed by atoms with van der Waals surface area (Å²) in [6.07, 6.45) is 2.87. The Balaban J connectivity index is 1.52. The molecule has 0 saturated carbocycles. The molecule has 3 rings (SSSR count). The second-order valence-corrected chi connectivity index (χ2v) is 6.20. The van der Waals surface area contributed by atoms with Gasteiger partial charge in [0.15, 0.2) is 0 Å². The molecular weight excluding hydrogens is 290 g/mol. The fraction of sp³-hybridized carbons (Fsp3) is 0.529. The second kappa shape index (κ2) is 8.19. The smallest absolute Gasteiger partial charge is 0.138 e. The van der Waals surface area contributed by atoms with Crippen LogP contribution < -0.4 is 0 Å². The summed E-state index contributed by atoms with van der Waals surface area (Å²) in [6.45, 7) is 5.55. The van der Waals surface area contributed by atoms with Crippen LogP contribution in [-0.2, 0) is 17.8 Å². The average molecular weight is 315 g/mol. The fourth-order valence-electron chi connectivity index (χ4n) is 3.04. The Kier molecular flexibility index (Phi) is 5.74. The van der Waals surface area contributed by atoms with E-state index in [0.717, 1.165) is 51.6 Å². The summed E-state index contributed by atoms with van der Waals surface area (Å²) in [6, 6.07) is 10.7. The quantitative estimate of drug-likeness (QED) is 0.876. The predicted octanol–water partition coefficient (Wildman–Crippen LogP) is 1.53. The van der Waals surface area contributed by atoms with Crippen molar-refractivity contribution in [1.82, 2.24) is 25.0 Å². The molecule has 2 aromatic rings. The summed E-state index contributed by atoms with van der Waals surface area (Å²) in [5.41, 5.74) is 1.36. The zero-order valence-electron chi connectivity index (χ0n) is 13.7. The van der Waals surface area contributed by atoms with Crippen molar-refractivity contribution in [3.05, 3.63) is 48.0 Å². The van der Waals surface area contributed by atoms with Gasteiger partial charge in [0.05, 0.1) is 12.6 Å². The molecule has 6 heteroatoms. The number of rotatable bonds is 6. The molecule has 23 heavy (non-hydrogen) atoms. The second-order valence-electron chi connectivity index (χ2n) is 6.20. The molecule has 0 amide bonds. The minimum atomic E-state index is 0.231. The number of likely N-dealkylation sites (N-methyl/N-ethyl adjacent to an activating group) is 1. The highest BCUT2D eigenvalue weighted by atomic mass is 16.5. The van der Waals surface area contributed by atoms with Gasteiger partial charge in [0.2, 0.25) is 0 Å². The van der Waals surface area contributed by atoms with Crippen LogP contribution in [0, 0.1) is 0 Å². The molecule has 1 aromatic carbocycles. The Bertz CT molecular complexity index is 560. The van der Waals surface area contributed by atoms with E-state index in [0.29, 0.717) is 0 Å². The van der Waals surface area contributed by atoms with Gasteiger partial charge in [-0.25, -0.2) is 4.98 Å². The molecule has 1 aliphatic rings. The van der Waals surface area contributed by atoms with Crippen LogP contribution in [0.25, 0.3) is 0 Å². The van der Waals surface area contributed by atoms with Gasteiger partial charge in [0.1, 0.15) is 12.2 Å². The van der Waals surface area contributed by atoms with Crippen molar-refractivity contribution in [3.8, 4) is 0 Å². The SMILES string of the molecule is CN(Cc1ncn[nH]1)CC1CN(Cc2ccccc2)CCCO1. The Morgan fingerprint density at radius 1 is 1.35 bits per heavy atom. The standard InChI is InChI=1S/C17H25N5O/c1-21(13-17-18-14-19-20-17)11-16-12-22(8-5-9-23-16)10-15-6-3-2-4-7-15/h2-4,6-7,14,16H,5,8-13H2,1H3,(H,18,19,20).